The fourth-order valence-corrected chi connectivity index (χ4v) is 1.78. The van der Waals surface area contributed by atoms with Crippen molar-refractivity contribution in [2.45, 2.75) is 39.5 Å². The van der Waals surface area contributed by atoms with Crippen molar-refractivity contribution in [1.29, 1.82) is 0 Å². The topological polar surface area (TPSA) is 35.5 Å². The zero-order valence-corrected chi connectivity index (χ0v) is 11.0. The highest BCUT2D eigenvalue weighted by molar-refractivity contribution is 5.75. The highest BCUT2D eigenvalue weighted by atomic mass is 16.5. The molecule has 1 rings (SSSR count). The third kappa shape index (κ3) is 4.63. The first-order chi connectivity index (χ1) is 8.06. The molecule has 0 atom stereocenters. The summed E-state index contributed by atoms with van der Waals surface area (Å²) in [5.41, 5.74) is -0.422. The molecule has 0 aliphatic heterocycles. The molecule has 17 heavy (non-hydrogen) atoms. The van der Waals surface area contributed by atoms with Gasteiger partial charge in [-0.25, -0.2) is 0 Å². The van der Waals surface area contributed by atoms with Crippen LogP contribution in [-0.2, 0) is 14.3 Å². The van der Waals surface area contributed by atoms with Gasteiger partial charge in [0.1, 0.15) is 5.76 Å². The number of hydrogen-bond acceptors (Lipinski definition) is 3. The second kappa shape index (κ2) is 6.48. The van der Waals surface area contributed by atoms with Crippen LogP contribution in [0, 0.1) is 5.41 Å². The van der Waals surface area contributed by atoms with E-state index in [1.165, 1.54) is 7.11 Å². The average molecular weight is 238 g/mol. The molecule has 3 heteroatoms. The van der Waals surface area contributed by atoms with Crippen molar-refractivity contribution in [3.8, 4) is 0 Å². The number of methoxy groups -OCH3 is 1. The monoisotopic (exact) mass is 238 g/mol. The molecule has 0 aromatic carbocycles. The molecule has 1 aliphatic rings. The highest BCUT2D eigenvalue weighted by Gasteiger charge is 2.27. The van der Waals surface area contributed by atoms with E-state index in [-0.39, 0.29) is 5.97 Å². The van der Waals surface area contributed by atoms with Crippen LogP contribution in [0.25, 0.3) is 0 Å². The molecule has 0 N–H and O–H groups in total. The van der Waals surface area contributed by atoms with Gasteiger partial charge in [-0.3, -0.25) is 4.79 Å². The van der Waals surface area contributed by atoms with Crippen LogP contribution in [0.5, 0.6) is 0 Å². The largest absolute Gasteiger partial charge is 0.494 e. The molecule has 3 nitrogen and oxygen atoms in total. The molecule has 0 amide bonds. The molecular formula is C14H22O3. The van der Waals surface area contributed by atoms with Crippen molar-refractivity contribution in [2.75, 3.05) is 13.7 Å². The minimum atomic E-state index is -0.422. The van der Waals surface area contributed by atoms with E-state index in [0.29, 0.717) is 6.61 Å². The standard InChI is InChI=1S/C14H22O3/c1-14(2,13(15)16-3)10-7-11-17-12-8-5-4-6-9-12/h5,8-9H,4,6-7,10-11H2,1-3H3. The van der Waals surface area contributed by atoms with Crippen LogP contribution in [0.4, 0.5) is 0 Å². The zero-order chi connectivity index (χ0) is 12.7. The van der Waals surface area contributed by atoms with Crippen LogP contribution in [0.3, 0.4) is 0 Å². The number of rotatable bonds is 6. The Bertz CT molecular complexity index is 313. The quantitative estimate of drug-likeness (QED) is 0.526. The van der Waals surface area contributed by atoms with Crippen LogP contribution in [0.2, 0.25) is 0 Å². The van der Waals surface area contributed by atoms with Gasteiger partial charge in [0, 0.05) is 0 Å². The maximum absolute atomic E-state index is 11.4. The molecule has 0 radical (unpaired) electrons. The Balaban J connectivity index is 2.21. The molecule has 0 aromatic heterocycles. The van der Waals surface area contributed by atoms with Crippen LogP contribution in [0.15, 0.2) is 24.0 Å². The number of carbonyl (C=O) groups excluding carboxylic acids is 1. The third-order valence-corrected chi connectivity index (χ3v) is 2.91. The van der Waals surface area contributed by atoms with Gasteiger partial charge >= 0.3 is 5.97 Å². The lowest BCUT2D eigenvalue weighted by atomic mass is 9.88. The molecule has 96 valence electrons. The predicted molar refractivity (Wildman–Crippen MR) is 67.4 cm³/mol. The SMILES string of the molecule is COC(=O)C(C)(C)CCCOC1=CCCC=C1. The maximum atomic E-state index is 11.4. The van der Waals surface area contributed by atoms with Crippen LogP contribution in [0.1, 0.15) is 39.5 Å². The lowest BCUT2D eigenvalue weighted by Gasteiger charge is -2.21. The zero-order valence-electron chi connectivity index (χ0n) is 11.0. The normalized spacial score (nSPS) is 15.4. The fourth-order valence-electron chi connectivity index (χ4n) is 1.78. The van der Waals surface area contributed by atoms with Crippen LogP contribution in [-0.4, -0.2) is 19.7 Å². The smallest absolute Gasteiger partial charge is 0.311 e. The van der Waals surface area contributed by atoms with Gasteiger partial charge in [-0.2, -0.15) is 0 Å². The summed E-state index contributed by atoms with van der Waals surface area (Å²) in [5, 5.41) is 0. The van der Waals surface area contributed by atoms with E-state index in [1.54, 1.807) is 0 Å². The Morgan fingerprint density at radius 3 is 2.76 bits per heavy atom. The van der Waals surface area contributed by atoms with E-state index in [1.807, 2.05) is 19.9 Å². The predicted octanol–water partition coefficient (Wildman–Crippen LogP) is 3.22. The van der Waals surface area contributed by atoms with Crippen LogP contribution >= 0.6 is 0 Å². The van der Waals surface area contributed by atoms with E-state index in [9.17, 15) is 4.79 Å². The van der Waals surface area contributed by atoms with Crippen LogP contribution < -0.4 is 0 Å². The van der Waals surface area contributed by atoms with Gasteiger partial charge in [0.15, 0.2) is 0 Å². The number of hydrogen-bond donors (Lipinski definition) is 0. The van der Waals surface area contributed by atoms with Gasteiger partial charge in [0.25, 0.3) is 0 Å². The first-order valence-corrected chi connectivity index (χ1v) is 6.14. The van der Waals surface area contributed by atoms with Crippen molar-refractivity contribution in [3.63, 3.8) is 0 Å². The lowest BCUT2D eigenvalue weighted by Crippen LogP contribution is -2.25. The molecule has 0 saturated heterocycles. The molecule has 0 heterocycles. The van der Waals surface area contributed by atoms with E-state index >= 15 is 0 Å². The van der Waals surface area contributed by atoms with E-state index in [0.717, 1.165) is 31.4 Å². The summed E-state index contributed by atoms with van der Waals surface area (Å²) >= 11 is 0. The summed E-state index contributed by atoms with van der Waals surface area (Å²) in [6.45, 7) is 4.45. The second-order valence-electron chi connectivity index (χ2n) is 4.91. The van der Waals surface area contributed by atoms with E-state index in [2.05, 4.69) is 12.2 Å². The molecule has 0 spiro atoms. The van der Waals surface area contributed by atoms with Gasteiger partial charge < -0.3 is 9.47 Å². The molecule has 1 aliphatic carbocycles. The van der Waals surface area contributed by atoms with Gasteiger partial charge in [0.2, 0.25) is 0 Å². The van der Waals surface area contributed by atoms with Crippen molar-refractivity contribution in [2.24, 2.45) is 5.41 Å². The van der Waals surface area contributed by atoms with Crippen molar-refractivity contribution in [1.82, 2.24) is 0 Å². The lowest BCUT2D eigenvalue weighted by molar-refractivity contribution is -0.151. The summed E-state index contributed by atoms with van der Waals surface area (Å²) in [4.78, 5) is 11.4. The number of esters is 1. The maximum Gasteiger partial charge on any atom is 0.311 e. The minimum Gasteiger partial charge on any atom is -0.494 e. The summed E-state index contributed by atoms with van der Waals surface area (Å²) in [6, 6.07) is 0. The Morgan fingerprint density at radius 2 is 2.18 bits per heavy atom. The Kier molecular flexibility index (Phi) is 5.26. The number of carbonyl (C=O) groups is 1. The molecule has 0 aromatic rings. The highest BCUT2D eigenvalue weighted by Crippen LogP contribution is 2.24. The third-order valence-electron chi connectivity index (χ3n) is 2.91. The summed E-state index contributed by atoms with van der Waals surface area (Å²) < 4.78 is 10.4. The Labute approximate surface area is 103 Å². The first kappa shape index (κ1) is 13.8. The van der Waals surface area contributed by atoms with Crippen molar-refractivity contribution < 1.29 is 14.3 Å². The Morgan fingerprint density at radius 1 is 1.41 bits per heavy atom. The molecule has 0 saturated carbocycles. The van der Waals surface area contributed by atoms with Gasteiger partial charge in [-0.15, -0.1) is 0 Å². The minimum absolute atomic E-state index is 0.158. The molecule has 0 bridgehead atoms. The summed E-state index contributed by atoms with van der Waals surface area (Å²) in [5.74, 6) is 0.793. The number of allylic oxidation sites excluding steroid dienone is 3. The van der Waals surface area contributed by atoms with Crippen molar-refractivity contribution >= 4 is 5.97 Å². The summed E-state index contributed by atoms with van der Waals surface area (Å²) in [6.07, 6.45) is 10.0. The van der Waals surface area contributed by atoms with Crippen molar-refractivity contribution in [3.05, 3.63) is 24.0 Å². The number of ether oxygens (including phenoxy) is 2. The van der Waals surface area contributed by atoms with Gasteiger partial charge in [-0.1, -0.05) is 6.08 Å². The van der Waals surface area contributed by atoms with Gasteiger partial charge in [-0.05, 0) is 51.7 Å². The van der Waals surface area contributed by atoms with E-state index < -0.39 is 5.41 Å². The van der Waals surface area contributed by atoms with E-state index in [4.69, 9.17) is 9.47 Å². The molecule has 0 fully saturated rings. The first-order valence-electron chi connectivity index (χ1n) is 6.14. The average Bonchev–Trinajstić information content (AvgIpc) is 2.35. The summed E-state index contributed by atoms with van der Waals surface area (Å²) in [7, 11) is 1.43. The second-order valence-corrected chi connectivity index (χ2v) is 4.91. The van der Waals surface area contributed by atoms with Gasteiger partial charge in [0.05, 0.1) is 19.1 Å². The fraction of sp³-hybridized carbons (Fsp3) is 0.643. The molecular weight excluding hydrogens is 216 g/mol. The molecule has 0 unspecified atom stereocenters. The Hall–Kier alpha value is -1.25.